The Hall–Kier alpha value is -1.62. The summed E-state index contributed by atoms with van der Waals surface area (Å²) in [4.78, 5) is 8.41. The lowest BCUT2D eigenvalue weighted by Crippen LogP contribution is -2.47. The normalized spacial score (nSPS) is 28.6. The largest absolute Gasteiger partial charge is 0.373 e. The number of nitrogens with one attached hydrogen (secondary N) is 2. The van der Waals surface area contributed by atoms with Gasteiger partial charge in [0.05, 0.1) is 18.2 Å². The van der Waals surface area contributed by atoms with Crippen molar-refractivity contribution in [1.82, 2.24) is 15.6 Å². The summed E-state index contributed by atoms with van der Waals surface area (Å²) in [6, 6.07) is 4.47. The topological polar surface area (TPSA) is 58.5 Å². The van der Waals surface area contributed by atoms with E-state index in [1.165, 1.54) is 18.4 Å². The number of guanidine groups is 1. The van der Waals surface area contributed by atoms with Gasteiger partial charge in [-0.1, -0.05) is 6.07 Å². The Kier molecular flexibility index (Phi) is 4.16. The maximum Gasteiger partial charge on any atom is 0.191 e. The van der Waals surface area contributed by atoms with E-state index in [0.717, 1.165) is 25.3 Å². The van der Waals surface area contributed by atoms with Gasteiger partial charge in [0.25, 0.3) is 0 Å². The van der Waals surface area contributed by atoms with Gasteiger partial charge < -0.3 is 15.4 Å². The average Bonchev–Trinajstić information content (AvgIpc) is 3.10. The molecule has 5 nitrogen and oxygen atoms in total. The van der Waals surface area contributed by atoms with Crippen molar-refractivity contribution in [1.29, 1.82) is 0 Å². The first kappa shape index (κ1) is 13.4. The van der Waals surface area contributed by atoms with Gasteiger partial charge in [-0.25, -0.2) is 0 Å². The molecule has 2 bridgehead atoms. The molecule has 3 unspecified atom stereocenters. The summed E-state index contributed by atoms with van der Waals surface area (Å²) in [5.74, 6) is 0.870. The number of pyridine rings is 1. The third-order valence-corrected chi connectivity index (χ3v) is 4.08. The highest BCUT2D eigenvalue weighted by molar-refractivity contribution is 5.80. The van der Waals surface area contributed by atoms with Gasteiger partial charge in [-0.05, 0) is 37.3 Å². The van der Waals surface area contributed by atoms with E-state index in [1.54, 1.807) is 6.20 Å². The van der Waals surface area contributed by atoms with Gasteiger partial charge in [0.1, 0.15) is 0 Å². The van der Waals surface area contributed by atoms with E-state index in [9.17, 15) is 0 Å². The molecule has 108 valence electrons. The Balaban J connectivity index is 1.44. The molecule has 2 saturated heterocycles. The quantitative estimate of drug-likeness (QED) is 0.638. The maximum atomic E-state index is 5.85. The zero-order valence-corrected chi connectivity index (χ0v) is 11.9. The zero-order chi connectivity index (χ0) is 13.8. The van der Waals surface area contributed by atoms with Crippen molar-refractivity contribution < 1.29 is 4.74 Å². The second-order valence-corrected chi connectivity index (χ2v) is 5.47. The van der Waals surface area contributed by atoms with Crippen molar-refractivity contribution in [2.45, 2.75) is 43.9 Å². The Labute approximate surface area is 119 Å². The van der Waals surface area contributed by atoms with E-state index in [0.29, 0.717) is 18.2 Å². The fraction of sp³-hybridized carbons (Fsp3) is 0.600. The smallest absolute Gasteiger partial charge is 0.191 e. The highest BCUT2D eigenvalue weighted by Crippen LogP contribution is 2.34. The maximum absolute atomic E-state index is 5.85. The predicted molar refractivity (Wildman–Crippen MR) is 78.7 cm³/mol. The van der Waals surface area contributed by atoms with Crippen molar-refractivity contribution in [3.63, 3.8) is 0 Å². The highest BCUT2D eigenvalue weighted by atomic mass is 16.5. The molecule has 2 N–H and O–H groups in total. The van der Waals surface area contributed by atoms with Crippen molar-refractivity contribution in [3.8, 4) is 0 Å². The number of aliphatic imine (C=N–C) groups is 1. The van der Waals surface area contributed by atoms with Crippen LogP contribution in [0.3, 0.4) is 0 Å². The van der Waals surface area contributed by atoms with Crippen LogP contribution in [0.15, 0.2) is 29.5 Å². The summed E-state index contributed by atoms with van der Waals surface area (Å²) >= 11 is 0. The lowest BCUT2D eigenvalue weighted by molar-refractivity contribution is 0.0992. The molecule has 0 radical (unpaired) electrons. The van der Waals surface area contributed by atoms with Gasteiger partial charge in [0.15, 0.2) is 5.96 Å². The van der Waals surface area contributed by atoms with Crippen molar-refractivity contribution in [2.75, 3.05) is 13.6 Å². The van der Waals surface area contributed by atoms with E-state index in [1.807, 2.05) is 19.3 Å². The molecule has 3 rings (SSSR count). The Morgan fingerprint density at radius 1 is 1.50 bits per heavy atom. The van der Waals surface area contributed by atoms with Crippen LogP contribution in [0.5, 0.6) is 0 Å². The van der Waals surface area contributed by atoms with Crippen molar-refractivity contribution >= 4 is 5.96 Å². The van der Waals surface area contributed by atoms with Gasteiger partial charge in [0, 0.05) is 26.0 Å². The van der Waals surface area contributed by atoms with E-state index < -0.39 is 0 Å². The number of rotatable bonds is 4. The second kappa shape index (κ2) is 6.22. The third-order valence-electron chi connectivity index (χ3n) is 4.08. The fourth-order valence-corrected chi connectivity index (χ4v) is 3.03. The van der Waals surface area contributed by atoms with Gasteiger partial charge in [-0.2, -0.15) is 0 Å². The monoisotopic (exact) mass is 274 g/mol. The van der Waals surface area contributed by atoms with Crippen LogP contribution in [0.1, 0.15) is 24.8 Å². The molecule has 3 atom stereocenters. The van der Waals surface area contributed by atoms with E-state index in [4.69, 9.17) is 4.74 Å². The van der Waals surface area contributed by atoms with E-state index in [2.05, 4.69) is 26.7 Å². The molecular formula is C15H22N4O. The van der Waals surface area contributed by atoms with Crippen LogP contribution in [0.4, 0.5) is 0 Å². The molecule has 0 amide bonds. The van der Waals surface area contributed by atoms with E-state index >= 15 is 0 Å². The van der Waals surface area contributed by atoms with Gasteiger partial charge in [0.2, 0.25) is 0 Å². The first-order valence-corrected chi connectivity index (χ1v) is 7.36. The van der Waals surface area contributed by atoms with Crippen LogP contribution in [-0.4, -0.2) is 42.8 Å². The SMILES string of the molecule is CN=C(NCCc1cccnc1)NC1CC2CCC1O2. The lowest BCUT2D eigenvalue weighted by atomic mass is 9.96. The summed E-state index contributed by atoms with van der Waals surface area (Å²) in [5.41, 5.74) is 1.23. The lowest BCUT2D eigenvalue weighted by Gasteiger charge is -2.22. The number of hydrogen-bond acceptors (Lipinski definition) is 3. The van der Waals surface area contributed by atoms with Gasteiger partial charge >= 0.3 is 0 Å². The highest BCUT2D eigenvalue weighted by Gasteiger charge is 2.40. The predicted octanol–water partition coefficient (Wildman–Crippen LogP) is 1.11. The summed E-state index contributed by atoms with van der Waals surface area (Å²) in [7, 11) is 1.81. The molecule has 0 saturated carbocycles. The molecule has 0 spiro atoms. The summed E-state index contributed by atoms with van der Waals surface area (Å²) in [6.07, 6.45) is 8.98. The molecule has 3 heterocycles. The summed E-state index contributed by atoms with van der Waals surface area (Å²) in [6.45, 7) is 0.854. The van der Waals surface area contributed by atoms with Crippen LogP contribution >= 0.6 is 0 Å². The number of ether oxygens (including phenoxy) is 1. The molecule has 0 aromatic carbocycles. The second-order valence-electron chi connectivity index (χ2n) is 5.47. The minimum Gasteiger partial charge on any atom is -0.373 e. The van der Waals surface area contributed by atoms with Crippen LogP contribution in [-0.2, 0) is 11.2 Å². The molecule has 2 fully saturated rings. The fourth-order valence-electron chi connectivity index (χ4n) is 3.03. The molecule has 2 aliphatic heterocycles. The van der Waals surface area contributed by atoms with Gasteiger partial charge in [-0.15, -0.1) is 0 Å². The molecule has 0 aliphatic carbocycles. The average molecular weight is 274 g/mol. The Bertz CT molecular complexity index is 462. The first-order chi connectivity index (χ1) is 9.85. The zero-order valence-electron chi connectivity index (χ0n) is 11.9. The molecule has 20 heavy (non-hydrogen) atoms. The first-order valence-electron chi connectivity index (χ1n) is 7.36. The summed E-state index contributed by atoms with van der Waals surface area (Å²) in [5, 5.41) is 6.84. The minimum absolute atomic E-state index is 0.372. The minimum atomic E-state index is 0.372. The van der Waals surface area contributed by atoms with Crippen LogP contribution in [0, 0.1) is 0 Å². The molecule has 2 aliphatic rings. The van der Waals surface area contributed by atoms with Gasteiger partial charge in [-0.3, -0.25) is 9.98 Å². The Morgan fingerprint density at radius 3 is 3.10 bits per heavy atom. The van der Waals surface area contributed by atoms with Crippen molar-refractivity contribution in [3.05, 3.63) is 30.1 Å². The number of hydrogen-bond donors (Lipinski definition) is 2. The van der Waals surface area contributed by atoms with Crippen LogP contribution in [0.2, 0.25) is 0 Å². The standard InChI is InChI=1S/C15H22N4O/c1-16-15(18-8-6-11-3-2-7-17-10-11)19-13-9-12-4-5-14(13)20-12/h2-3,7,10,12-14H,4-6,8-9H2,1H3,(H2,16,18,19). The molecule has 1 aromatic rings. The van der Waals surface area contributed by atoms with Crippen molar-refractivity contribution in [2.24, 2.45) is 4.99 Å². The Morgan fingerprint density at radius 2 is 2.45 bits per heavy atom. The molecule has 5 heteroatoms. The van der Waals surface area contributed by atoms with Crippen LogP contribution in [0.25, 0.3) is 0 Å². The summed E-state index contributed by atoms with van der Waals surface area (Å²) < 4.78 is 5.85. The van der Waals surface area contributed by atoms with Crippen LogP contribution < -0.4 is 10.6 Å². The molecule has 1 aromatic heterocycles. The van der Waals surface area contributed by atoms with E-state index in [-0.39, 0.29) is 0 Å². The number of nitrogens with zero attached hydrogens (tertiary/aromatic N) is 2. The number of aromatic nitrogens is 1. The number of fused-ring (bicyclic) bond motifs is 2. The molecular weight excluding hydrogens is 252 g/mol. The third kappa shape index (κ3) is 3.10.